The minimum absolute atomic E-state index is 0.675. The van der Waals surface area contributed by atoms with Crippen LogP contribution in [0.4, 0.5) is 0 Å². The molecular formula is C9H14N2OS. The van der Waals surface area contributed by atoms with E-state index in [1.54, 1.807) is 11.3 Å². The predicted octanol–water partition coefficient (Wildman–Crippen LogP) is 1.27. The largest absolute Gasteiger partial charge is 0.374 e. The van der Waals surface area contributed by atoms with Gasteiger partial charge in [-0.05, 0) is 18.9 Å². The summed E-state index contributed by atoms with van der Waals surface area (Å²) in [5.41, 5.74) is 0. The van der Waals surface area contributed by atoms with E-state index in [9.17, 15) is 0 Å². The average molecular weight is 198 g/mol. The monoisotopic (exact) mass is 198 g/mol. The number of thiazole rings is 1. The topological polar surface area (TPSA) is 34.1 Å². The van der Waals surface area contributed by atoms with E-state index < -0.39 is 0 Å². The number of rotatable bonds is 4. The van der Waals surface area contributed by atoms with Crippen molar-refractivity contribution in [2.45, 2.75) is 13.0 Å². The molecule has 1 aliphatic rings. The lowest BCUT2D eigenvalue weighted by Gasteiger charge is -2.07. The second-order valence-electron chi connectivity index (χ2n) is 3.30. The van der Waals surface area contributed by atoms with Gasteiger partial charge in [0.15, 0.2) is 0 Å². The molecule has 1 aromatic rings. The van der Waals surface area contributed by atoms with Crippen LogP contribution < -0.4 is 5.32 Å². The predicted molar refractivity (Wildman–Crippen MR) is 52.7 cm³/mol. The van der Waals surface area contributed by atoms with Crippen LogP contribution in [0.25, 0.3) is 0 Å². The van der Waals surface area contributed by atoms with Crippen molar-refractivity contribution in [3.8, 4) is 0 Å². The number of hydrogen-bond donors (Lipinski definition) is 1. The first-order chi connectivity index (χ1) is 6.45. The van der Waals surface area contributed by atoms with E-state index in [0.29, 0.717) is 12.5 Å². The third-order valence-electron chi connectivity index (χ3n) is 2.22. The molecule has 1 atom stereocenters. The van der Waals surface area contributed by atoms with Crippen LogP contribution in [0.2, 0.25) is 0 Å². The molecule has 0 aliphatic carbocycles. The second-order valence-corrected chi connectivity index (χ2v) is 4.28. The molecule has 72 valence electrons. The van der Waals surface area contributed by atoms with Crippen LogP contribution in [0.3, 0.4) is 0 Å². The number of ether oxygens (including phenoxy) is 1. The van der Waals surface area contributed by atoms with E-state index in [-0.39, 0.29) is 0 Å². The van der Waals surface area contributed by atoms with Gasteiger partial charge >= 0.3 is 0 Å². The molecule has 2 rings (SSSR count). The highest BCUT2D eigenvalue weighted by atomic mass is 32.1. The Bertz CT molecular complexity index is 232. The van der Waals surface area contributed by atoms with E-state index in [2.05, 4.69) is 10.3 Å². The van der Waals surface area contributed by atoms with Gasteiger partial charge < -0.3 is 10.1 Å². The van der Waals surface area contributed by atoms with Crippen molar-refractivity contribution < 1.29 is 4.74 Å². The molecule has 1 saturated heterocycles. The van der Waals surface area contributed by atoms with Crippen molar-refractivity contribution >= 4 is 11.3 Å². The fourth-order valence-electron chi connectivity index (χ4n) is 1.49. The normalized spacial score (nSPS) is 22.3. The Morgan fingerprint density at radius 1 is 1.69 bits per heavy atom. The molecule has 0 bridgehead atoms. The fourth-order valence-corrected chi connectivity index (χ4v) is 2.05. The summed E-state index contributed by atoms with van der Waals surface area (Å²) in [7, 11) is 0. The summed E-state index contributed by atoms with van der Waals surface area (Å²) in [6.45, 7) is 3.80. The van der Waals surface area contributed by atoms with E-state index in [1.165, 1.54) is 6.42 Å². The van der Waals surface area contributed by atoms with Crippen molar-refractivity contribution in [2.75, 3.05) is 19.7 Å². The zero-order chi connectivity index (χ0) is 8.93. The van der Waals surface area contributed by atoms with E-state index >= 15 is 0 Å². The van der Waals surface area contributed by atoms with Gasteiger partial charge in [0.25, 0.3) is 0 Å². The van der Waals surface area contributed by atoms with Crippen LogP contribution in [0, 0.1) is 5.92 Å². The van der Waals surface area contributed by atoms with Crippen LogP contribution in [0.1, 0.15) is 11.4 Å². The highest BCUT2D eigenvalue weighted by molar-refractivity contribution is 7.09. The maximum absolute atomic E-state index is 5.57. The maximum Gasteiger partial charge on any atom is 0.118 e. The summed E-state index contributed by atoms with van der Waals surface area (Å²) in [6, 6.07) is 0. The van der Waals surface area contributed by atoms with Crippen LogP contribution in [0.15, 0.2) is 11.6 Å². The lowest BCUT2D eigenvalue weighted by Crippen LogP contribution is -2.13. The van der Waals surface area contributed by atoms with E-state index in [1.807, 2.05) is 11.6 Å². The van der Waals surface area contributed by atoms with E-state index in [0.717, 1.165) is 24.7 Å². The van der Waals surface area contributed by atoms with Crippen molar-refractivity contribution in [1.29, 1.82) is 0 Å². The Kier molecular flexibility index (Phi) is 3.29. The van der Waals surface area contributed by atoms with Crippen molar-refractivity contribution in [1.82, 2.24) is 10.3 Å². The zero-order valence-electron chi connectivity index (χ0n) is 7.53. The second kappa shape index (κ2) is 4.69. The minimum Gasteiger partial charge on any atom is -0.374 e. The molecule has 1 unspecified atom stereocenters. The first kappa shape index (κ1) is 9.12. The lowest BCUT2D eigenvalue weighted by atomic mass is 10.1. The minimum atomic E-state index is 0.675. The quantitative estimate of drug-likeness (QED) is 0.791. The molecule has 0 saturated carbocycles. The van der Waals surface area contributed by atoms with Crippen LogP contribution in [-0.2, 0) is 11.3 Å². The summed E-state index contributed by atoms with van der Waals surface area (Å²) in [5.74, 6) is 0.708. The zero-order valence-corrected chi connectivity index (χ0v) is 8.35. The van der Waals surface area contributed by atoms with Crippen LogP contribution >= 0.6 is 11.3 Å². The van der Waals surface area contributed by atoms with Gasteiger partial charge in [0, 0.05) is 18.1 Å². The van der Waals surface area contributed by atoms with Gasteiger partial charge in [-0.2, -0.15) is 0 Å². The van der Waals surface area contributed by atoms with Gasteiger partial charge in [0.2, 0.25) is 0 Å². The van der Waals surface area contributed by atoms with Crippen molar-refractivity contribution in [3.05, 3.63) is 16.6 Å². The number of nitrogens with one attached hydrogen (secondary N) is 1. The van der Waals surface area contributed by atoms with Gasteiger partial charge in [-0.25, -0.2) is 4.98 Å². The number of nitrogens with zero attached hydrogens (tertiary/aromatic N) is 1. The lowest BCUT2D eigenvalue weighted by molar-refractivity contribution is 0.0923. The SMILES string of the molecule is c1csc(COCC2CCNC2)n1. The average Bonchev–Trinajstić information content (AvgIpc) is 2.75. The molecule has 3 nitrogen and oxygen atoms in total. The molecule has 0 aromatic carbocycles. The summed E-state index contributed by atoms with van der Waals surface area (Å²) in [5, 5.41) is 6.38. The Labute approximate surface area is 82.1 Å². The molecule has 1 aliphatic heterocycles. The summed E-state index contributed by atoms with van der Waals surface area (Å²) in [6.07, 6.45) is 3.07. The molecule has 1 aromatic heterocycles. The first-order valence-electron chi connectivity index (χ1n) is 4.62. The van der Waals surface area contributed by atoms with Crippen molar-refractivity contribution in [3.63, 3.8) is 0 Å². The smallest absolute Gasteiger partial charge is 0.118 e. The van der Waals surface area contributed by atoms with Crippen LogP contribution in [0.5, 0.6) is 0 Å². The Hall–Kier alpha value is -0.450. The molecule has 1 fully saturated rings. The Morgan fingerprint density at radius 3 is 3.38 bits per heavy atom. The molecule has 1 N–H and O–H groups in total. The maximum atomic E-state index is 5.57. The number of aromatic nitrogens is 1. The molecule has 2 heterocycles. The summed E-state index contributed by atoms with van der Waals surface area (Å²) in [4.78, 5) is 4.16. The number of hydrogen-bond acceptors (Lipinski definition) is 4. The van der Waals surface area contributed by atoms with Gasteiger partial charge in [0.05, 0.1) is 13.2 Å². The summed E-state index contributed by atoms with van der Waals surface area (Å²) < 4.78 is 5.57. The standard InChI is InChI=1S/C9H14N2OS/c1-2-10-5-8(1)6-12-7-9-11-3-4-13-9/h3-4,8,10H,1-2,5-7H2. The van der Waals surface area contributed by atoms with Gasteiger partial charge in [0.1, 0.15) is 5.01 Å². The van der Waals surface area contributed by atoms with Crippen molar-refractivity contribution in [2.24, 2.45) is 5.92 Å². The van der Waals surface area contributed by atoms with Gasteiger partial charge in [-0.3, -0.25) is 0 Å². The molecular weight excluding hydrogens is 184 g/mol. The third kappa shape index (κ3) is 2.76. The fraction of sp³-hybridized carbons (Fsp3) is 0.667. The third-order valence-corrected chi connectivity index (χ3v) is 2.98. The van der Waals surface area contributed by atoms with Gasteiger partial charge in [-0.15, -0.1) is 11.3 Å². The summed E-state index contributed by atoms with van der Waals surface area (Å²) >= 11 is 1.65. The Balaban J connectivity index is 1.63. The Morgan fingerprint density at radius 2 is 2.69 bits per heavy atom. The first-order valence-corrected chi connectivity index (χ1v) is 5.50. The molecule has 13 heavy (non-hydrogen) atoms. The highest BCUT2D eigenvalue weighted by Gasteiger charge is 2.14. The van der Waals surface area contributed by atoms with Crippen LogP contribution in [-0.4, -0.2) is 24.7 Å². The molecule has 0 amide bonds. The molecule has 4 heteroatoms. The van der Waals surface area contributed by atoms with E-state index in [4.69, 9.17) is 4.74 Å². The highest BCUT2D eigenvalue weighted by Crippen LogP contribution is 2.10. The molecule has 0 spiro atoms. The van der Waals surface area contributed by atoms with Gasteiger partial charge in [-0.1, -0.05) is 0 Å². The molecule has 0 radical (unpaired) electrons.